The average Bonchev–Trinajstić information content (AvgIpc) is 2.93. The third-order valence-electron chi connectivity index (χ3n) is 5.58. The zero-order valence-corrected chi connectivity index (χ0v) is 20.8. The Morgan fingerprint density at radius 1 is 0.718 bits per heavy atom. The molecular weight excluding hydrogens is 502 g/mol. The molecule has 4 aromatic rings. The van der Waals surface area contributed by atoms with Crippen LogP contribution in [-0.2, 0) is 19.1 Å². The van der Waals surface area contributed by atoms with Crippen molar-refractivity contribution in [2.45, 2.75) is 19.3 Å². The molecule has 0 heterocycles. The van der Waals surface area contributed by atoms with Gasteiger partial charge in [-0.05, 0) is 59.7 Å². The van der Waals surface area contributed by atoms with E-state index in [2.05, 4.69) is 10.6 Å². The lowest BCUT2D eigenvalue weighted by atomic mass is 10.1. The fourth-order valence-electron chi connectivity index (χ4n) is 3.70. The Labute approximate surface area is 223 Å². The Kier molecular flexibility index (Phi) is 8.81. The number of nitro benzene ring substituents is 1. The van der Waals surface area contributed by atoms with E-state index in [1.54, 1.807) is 24.3 Å². The lowest BCUT2D eigenvalue weighted by Crippen LogP contribution is -2.21. The standard InChI is InChI=1S/C29H25N3O7/c33-27(9-4-10-29(35)38-19-28(34)31-23-7-3-8-24(18-23)32(36)37)30-22-12-15-25(16-13-22)39-26-14-11-20-5-1-2-6-21(20)17-26/h1-3,5-8,11-18H,4,9-10,19H2,(H,30,33)(H,31,34). The summed E-state index contributed by atoms with van der Waals surface area (Å²) in [5.41, 5.74) is 0.634. The molecule has 4 aromatic carbocycles. The summed E-state index contributed by atoms with van der Waals surface area (Å²) in [6.07, 6.45) is 0.278. The lowest BCUT2D eigenvalue weighted by molar-refractivity contribution is -0.384. The van der Waals surface area contributed by atoms with Crippen LogP contribution in [0.25, 0.3) is 10.8 Å². The summed E-state index contributed by atoms with van der Waals surface area (Å²) in [7, 11) is 0. The van der Waals surface area contributed by atoms with E-state index in [4.69, 9.17) is 9.47 Å². The summed E-state index contributed by atoms with van der Waals surface area (Å²) < 4.78 is 10.8. The van der Waals surface area contributed by atoms with Crippen molar-refractivity contribution in [2.24, 2.45) is 0 Å². The normalized spacial score (nSPS) is 10.5. The van der Waals surface area contributed by atoms with Crippen LogP contribution in [0.5, 0.6) is 11.5 Å². The van der Waals surface area contributed by atoms with Crippen molar-refractivity contribution in [3.05, 3.63) is 101 Å². The van der Waals surface area contributed by atoms with E-state index < -0.39 is 23.4 Å². The maximum Gasteiger partial charge on any atom is 0.306 e. The molecule has 2 amide bonds. The highest BCUT2D eigenvalue weighted by Gasteiger charge is 2.12. The van der Waals surface area contributed by atoms with Gasteiger partial charge in [0, 0.05) is 36.3 Å². The van der Waals surface area contributed by atoms with Crippen molar-refractivity contribution in [1.82, 2.24) is 0 Å². The van der Waals surface area contributed by atoms with Crippen LogP contribution in [-0.4, -0.2) is 29.3 Å². The van der Waals surface area contributed by atoms with Gasteiger partial charge in [-0.15, -0.1) is 0 Å². The Morgan fingerprint density at radius 3 is 2.21 bits per heavy atom. The molecule has 0 fully saturated rings. The van der Waals surface area contributed by atoms with Crippen molar-refractivity contribution in [2.75, 3.05) is 17.2 Å². The van der Waals surface area contributed by atoms with Gasteiger partial charge >= 0.3 is 5.97 Å². The van der Waals surface area contributed by atoms with Crippen molar-refractivity contribution < 1.29 is 28.8 Å². The second-order valence-electron chi connectivity index (χ2n) is 8.55. The van der Waals surface area contributed by atoms with Gasteiger partial charge in [0.15, 0.2) is 6.61 Å². The van der Waals surface area contributed by atoms with Crippen LogP contribution in [0.1, 0.15) is 19.3 Å². The summed E-state index contributed by atoms with van der Waals surface area (Å²) >= 11 is 0. The number of nitrogens with one attached hydrogen (secondary N) is 2. The van der Waals surface area contributed by atoms with E-state index in [1.165, 1.54) is 24.3 Å². The number of nitro groups is 1. The highest BCUT2D eigenvalue weighted by atomic mass is 16.6. The van der Waals surface area contributed by atoms with E-state index in [9.17, 15) is 24.5 Å². The molecule has 4 rings (SSSR count). The highest BCUT2D eigenvalue weighted by Crippen LogP contribution is 2.26. The van der Waals surface area contributed by atoms with E-state index in [0.717, 1.165) is 10.8 Å². The summed E-state index contributed by atoms with van der Waals surface area (Å²) in [6, 6.07) is 26.2. The minimum atomic E-state index is -0.632. The number of carbonyl (C=O) groups excluding carboxylic acids is 3. The van der Waals surface area contributed by atoms with Gasteiger partial charge in [0.1, 0.15) is 11.5 Å². The first-order valence-corrected chi connectivity index (χ1v) is 12.1. The van der Waals surface area contributed by atoms with E-state index in [0.29, 0.717) is 17.2 Å². The summed E-state index contributed by atoms with van der Waals surface area (Å²) in [5, 5.41) is 18.2. The number of hydrogen-bond acceptors (Lipinski definition) is 7. The number of esters is 1. The van der Waals surface area contributed by atoms with E-state index in [1.807, 2.05) is 42.5 Å². The number of hydrogen-bond donors (Lipinski definition) is 2. The second kappa shape index (κ2) is 12.8. The number of anilines is 2. The van der Waals surface area contributed by atoms with Crippen LogP contribution in [0.2, 0.25) is 0 Å². The first kappa shape index (κ1) is 26.8. The van der Waals surface area contributed by atoms with Crippen molar-refractivity contribution >= 4 is 45.6 Å². The molecule has 0 saturated carbocycles. The monoisotopic (exact) mass is 527 g/mol. The zero-order chi connectivity index (χ0) is 27.6. The Morgan fingerprint density at radius 2 is 1.44 bits per heavy atom. The molecule has 0 spiro atoms. The smallest absolute Gasteiger partial charge is 0.306 e. The van der Waals surface area contributed by atoms with Crippen molar-refractivity contribution in [1.29, 1.82) is 0 Å². The molecule has 198 valence electrons. The summed E-state index contributed by atoms with van der Waals surface area (Å²) in [5.74, 6) is -0.198. The molecular formula is C29H25N3O7. The number of rotatable bonds is 11. The van der Waals surface area contributed by atoms with Crippen molar-refractivity contribution in [3.63, 3.8) is 0 Å². The molecule has 0 aliphatic carbocycles. The molecule has 0 saturated heterocycles. The molecule has 0 aromatic heterocycles. The number of fused-ring (bicyclic) bond motifs is 1. The minimum absolute atomic E-state index is 0.0456. The number of benzene rings is 4. The highest BCUT2D eigenvalue weighted by molar-refractivity contribution is 5.93. The van der Waals surface area contributed by atoms with Gasteiger partial charge in [-0.25, -0.2) is 0 Å². The molecule has 0 aliphatic heterocycles. The number of amides is 2. The van der Waals surface area contributed by atoms with Crippen LogP contribution in [0.15, 0.2) is 91.0 Å². The van der Waals surface area contributed by atoms with Crippen molar-refractivity contribution in [3.8, 4) is 11.5 Å². The van der Waals surface area contributed by atoms with Gasteiger partial charge < -0.3 is 20.1 Å². The van der Waals surface area contributed by atoms with Crippen LogP contribution in [0.3, 0.4) is 0 Å². The summed E-state index contributed by atoms with van der Waals surface area (Å²) in [4.78, 5) is 46.3. The maximum atomic E-state index is 12.2. The van der Waals surface area contributed by atoms with Crippen LogP contribution in [0, 0.1) is 10.1 Å². The Bertz CT molecular complexity index is 1500. The SMILES string of the molecule is O=C(CCCC(=O)OCC(=O)Nc1cccc([N+](=O)[O-])c1)Nc1ccc(Oc2ccc3ccccc3c2)cc1. The van der Waals surface area contributed by atoms with Crippen LogP contribution >= 0.6 is 0 Å². The molecule has 10 heteroatoms. The Hall–Kier alpha value is -5.25. The number of nitrogens with zero attached hydrogens (tertiary/aromatic N) is 1. The minimum Gasteiger partial charge on any atom is -0.457 e. The van der Waals surface area contributed by atoms with E-state index in [-0.39, 0.29) is 36.5 Å². The predicted molar refractivity (Wildman–Crippen MR) is 146 cm³/mol. The molecule has 0 bridgehead atoms. The largest absolute Gasteiger partial charge is 0.457 e. The maximum absolute atomic E-state index is 12.2. The topological polar surface area (TPSA) is 137 Å². The summed E-state index contributed by atoms with van der Waals surface area (Å²) in [6.45, 7) is -0.540. The molecule has 0 unspecified atom stereocenters. The first-order valence-electron chi connectivity index (χ1n) is 12.1. The van der Waals surface area contributed by atoms with Gasteiger partial charge in [-0.1, -0.05) is 36.4 Å². The van der Waals surface area contributed by atoms with Gasteiger partial charge in [0.25, 0.3) is 11.6 Å². The third kappa shape index (κ3) is 8.12. The molecule has 39 heavy (non-hydrogen) atoms. The first-order chi connectivity index (χ1) is 18.9. The fraction of sp³-hybridized carbons (Fsp3) is 0.138. The number of non-ortho nitro benzene ring substituents is 1. The molecule has 0 atom stereocenters. The van der Waals surface area contributed by atoms with Gasteiger partial charge in [0.2, 0.25) is 5.91 Å². The fourth-order valence-corrected chi connectivity index (χ4v) is 3.70. The number of ether oxygens (including phenoxy) is 2. The molecule has 0 radical (unpaired) electrons. The Balaban J connectivity index is 1.14. The molecule has 0 aliphatic rings. The average molecular weight is 528 g/mol. The molecule has 2 N–H and O–H groups in total. The van der Waals surface area contributed by atoms with Gasteiger partial charge in [-0.2, -0.15) is 0 Å². The van der Waals surface area contributed by atoms with Crippen LogP contribution < -0.4 is 15.4 Å². The predicted octanol–water partition coefficient (Wildman–Crippen LogP) is 5.83. The third-order valence-corrected chi connectivity index (χ3v) is 5.58. The quantitative estimate of drug-likeness (QED) is 0.142. The number of carbonyl (C=O) groups is 3. The van der Waals surface area contributed by atoms with Gasteiger partial charge in [-0.3, -0.25) is 24.5 Å². The van der Waals surface area contributed by atoms with Crippen LogP contribution in [0.4, 0.5) is 17.1 Å². The van der Waals surface area contributed by atoms with E-state index >= 15 is 0 Å². The zero-order valence-electron chi connectivity index (χ0n) is 20.8. The van der Waals surface area contributed by atoms with Gasteiger partial charge in [0.05, 0.1) is 4.92 Å². The second-order valence-corrected chi connectivity index (χ2v) is 8.55. The molecule has 10 nitrogen and oxygen atoms in total. The lowest BCUT2D eigenvalue weighted by Gasteiger charge is -2.09.